The third-order valence-electron chi connectivity index (χ3n) is 4.18. The Morgan fingerprint density at radius 1 is 1.50 bits per heavy atom. The van der Waals surface area contributed by atoms with Gasteiger partial charge in [-0.15, -0.1) is 11.8 Å². The summed E-state index contributed by atoms with van der Waals surface area (Å²) in [6.45, 7) is 2.17. The lowest BCUT2D eigenvalue weighted by Gasteiger charge is -2.29. The van der Waals surface area contributed by atoms with Crippen LogP contribution in [-0.2, 0) is 20.9 Å². The molecule has 0 saturated carbocycles. The van der Waals surface area contributed by atoms with Crippen LogP contribution >= 0.6 is 11.8 Å². The van der Waals surface area contributed by atoms with Crippen LogP contribution in [0.3, 0.4) is 0 Å². The lowest BCUT2D eigenvalue weighted by molar-refractivity contribution is -0.154. The molecule has 1 amide bonds. The maximum absolute atomic E-state index is 12.3. The number of carbonyl (C=O) groups excluding carboxylic acids is 2. The van der Waals surface area contributed by atoms with Crippen LogP contribution < -0.4 is 0 Å². The standard InChI is InChI=1S/C16H16N2O3S/c1-16-7-6-14(19)18(16)13(10-22-16)15(20)21-9-12-4-2-11(8-17)3-5-12/h2-5,13H,6-7,9-10H2,1H3/t13-,16+/m1/s1. The Bertz CT molecular complexity index is 652. The number of nitrogens with zero attached hydrogens (tertiary/aromatic N) is 2. The molecule has 3 rings (SSSR count). The topological polar surface area (TPSA) is 70.4 Å². The van der Waals surface area contributed by atoms with Crippen molar-refractivity contribution in [3.8, 4) is 6.07 Å². The van der Waals surface area contributed by atoms with Crippen LogP contribution in [0.15, 0.2) is 24.3 Å². The van der Waals surface area contributed by atoms with E-state index in [4.69, 9.17) is 10.00 Å². The maximum atomic E-state index is 12.3. The summed E-state index contributed by atoms with van der Waals surface area (Å²) in [6, 6.07) is 8.47. The van der Waals surface area contributed by atoms with Gasteiger partial charge in [-0.25, -0.2) is 4.79 Å². The molecule has 6 heteroatoms. The van der Waals surface area contributed by atoms with Gasteiger partial charge in [0.25, 0.3) is 0 Å². The van der Waals surface area contributed by atoms with E-state index in [1.807, 2.05) is 13.0 Å². The molecular formula is C16H16N2O3S. The molecule has 2 aliphatic rings. The maximum Gasteiger partial charge on any atom is 0.330 e. The predicted octanol–water partition coefficient (Wildman–Crippen LogP) is 2.06. The van der Waals surface area contributed by atoms with Crippen molar-refractivity contribution >= 4 is 23.6 Å². The number of hydrogen-bond acceptors (Lipinski definition) is 5. The normalized spacial score (nSPS) is 26.6. The van der Waals surface area contributed by atoms with Crippen LogP contribution in [0.5, 0.6) is 0 Å². The summed E-state index contributed by atoms with van der Waals surface area (Å²) < 4.78 is 5.36. The lowest BCUT2D eigenvalue weighted by Crippen LogP contribution is -2.46. The number of amides is 1. The van der Waals surface area contributed by atoms with Crippen LogP contribution in [0.4, 0.5) is 0 Å². The second kappa shape index (κ2) is 5.65. The van der Waals surface area contributed by atoms with Crippen molar-refractivity contribution in [3.05, 3.63) is 35.4 Å². The SMILES string of the molecule is C[C@]12CCC(=O)N1[C@@H](C(=O)OCc1ccc(C#N)cc1)CS2. The van der Waals surface area contributed by atoms with E-state index in [1.165, 1.54) is 0 Å². The first-order chi connectivity index (χ1) is 10.5. The molecule has 0 radical (unpaired) electrons. The summed E-state index contributed by atoms with van der Waals surface area (Å²) in [7, 11) is 0. The smallest absolute Gasteiger partial charge is 0.330 e. The van der Waals surface area contributed by atoms with Gasteiger partial charge in [0.15, 0.2) is 0 Å². The summed E-state index contributed by atoms with van der Waals surface area (Å²) in [5.41, 5.74) is 1.40. The van der Waals surface area contributed by atoms with Gasteiger partial charge in [0.2, 0.25) is 5.91 Å². The average Bonchev–Trinajstić information content (AvgIpc) is 3.02. The summed E-state index contributed by atoms with van der Waals surface area (Å²) in [5.74, 6) is 0.276. The van der Waals surface area contributed by atoms with Crippen molar-refractivity contribution in [1.82, 2.24) is 4.90 Å². The second-order valence-electron chi connectivity index (χ2n) is 5.68. The number of benzene rings is 1. The van der Waals surface area contributed by atoms with Gasteiger partial charge in [0, 0.05) is 12.2 Å². The molecule has 2 saturated heterocycles. The van der Waals surface area contributed by atoms with Crippen LogP contribution in [0.25, 0.3) is 0 Å². The Morgan fingerprint density at radius 3 is 2.91 bits per heavy atom. The number of rotatable bonds is 3. The second-order valence-corrected chi connectivity index (χ2v) is 7.18. The summed E-state index contributed by atoms with van der Waals surface area (Å²) in [6.07, 6.45) is 1.29. The quantitative estimate of drug-likeness (QED) is 0.798. The Labute approximate surface area is 133 Å². The van der Waals surface area contributed by atoms with E-state index in [0.717, 1.165) is 12.0 Å². The van der Waals surface area contributed by atoms with E-state index in [0.29, 0.717) is 17.7 Å². The molecule has 1 aromatic rings. The molecule has 0 unspecified atom stereocenters. The van der Waals surface area contributed by atoms with Gasteiger partial charge in [-0.1, -0.05) is 12.1 Å². The molecule has 0 bridgehead atoms. The number of nitriles is 1. The zero-order valence-electron chi connectivity index (χ0n) is 12.2. The third-order valence-corrected chi connectivity index (χ3v) is 5.69. The van der Waals surface area contributed by atoms with Gasteiger partial charge in [0.1, 0.15) is 12.6 Å². The van der Waals surface area contributed by atoms with Crippen molar-refractivity contribution in [2.24, 2.45) is 0 Å². The first kappa shape index (κ1) is 14.9. The first-order valence-electron chi connectivity index (χ1n) is 7.15. The fourth-order valence-electron chi connectivity index (χ4n) is 2.92. The van der Waals surface area contributed by atoms with Crippen molar-refractivity contribution in [1.29, 1.82) is 5.26 Å². The van der Waals surface area contributed by atoms with Crippen LogP contribution in [0.2, 0.25) is 0 Å². The van der Waals surface area contributed by atoms with Gasteiger partial charge in [0.05, 0.1) is 16.5 Å². The van der Waals surface area contributed by atoms with Crippen LogP contribution in [0.1, 0.15) is 30.9 Å². The largest absolute Gasteiger partial charge is 0.459 e. The molecule has 1 aromatic carbocycles. The monoisotopic (exact) mass is 316 g/mol. The van der Waals surface area contributed by atoms with Gasteiger partial charge in [-0.3, -0.25) is 4.79 Å². The fourth-order valence-corrected chi connectivity index (χ4v) is 4.34. The zero-order valence-corrected chi connectivity index (χ0v) is 13.1. The highest BCUT2D eigenvalue weighted by atomic mass is 32.2. The Hall–Kier alpha value is -2.00. The zero-order chi connectivity index (χ0) is 15.7. The highest BCUT2D eigenvalue weighted by molar-refractivity contribution is 8.01. The van der Waals surface area contributed by atoms with Gasteiger partial charge < -0.3 is 9.64 Å². The van der Waals surface area contributed by atoms with Gasteiger partial charge in [-0.05, 0) is 31.0 Å². The molecule has 0 aliphatic carbocycles. The molecule has 2 heterocycles. The lowest BCUT2D eigenvalue weighted by atomic mass is 10.1. The van der Waals surface area contributed by atoms with E-state index in [1.54, 1.807) is 40.9 Å². The minimum atomic E-state index is -0.483. The van der Waals surface area contributed by atoms with E-state index in [9.17, 15) is 9.59 Å². The van der Waals surface area contributed by atoms with E-state index in [2.05, 4.69) is 0 Å². The third kappa shape index (κ3) is 2.57. The number of ether oxygens (including phenoxy) is 1. The molecule has 0 N–H and O–H groups in total. The highest BCUT2D eigenvalue weighted by Gasteiger charge is 2.53. The highest BCUT2D eigenvalue weighted by Crippen LogP contribution is 2.47. The Balaban J connectivity index is 1.63. The number of esters is 1. The molecule has 22 heavy (non-hydrogen) atoms. The number of thioether (sulfide) groups is 1. The molecule has 0 spiro atoms. The molecular weight excluding hydrogens is 300 g/mol. The average molecular weight is 316 g/mol. The van der Waals surface area contributed by atoms with E-state index < -0.39 is 6.04 Å². The molecule has 114 valence electrons. The fraction of sp³-hybridized carbons (Fsp3) is 0.438. The Kier molecular flexibility index (Phi) is 3.83. The van der Waals surface area contributed by atoms with Crippen molar-refractivity contribution in [3.63, 3.8) is 0 Å². The van der Waals surface area contributed by atoms with Crippen LogP contribution in [0, 0.1) is 11.3 Å². The molecule has 2 atom stereocenters. The predicted molar refractivity (Wildman–Crippen MR) is 81.7 cm³/mol. The molecule has 0 aromatic heterocycles. The first-order valence-corrected chi connectivity index (χ1v) is 8.14. The van der Waals surface area contributed by atoms with Gasteiger partial charge in [-0.2, -0.15) is 5.26 Å². The minimum Gasteiger partial charge on any atom is -0.459 e. The van der Waals surface area contributed by atoms with Gasteiger partial charge >= 0.3 is 5.97 Å². The van der Waals surface area contributed by atoms with Crippen molar-refractivity contribution in [2.45, 2.75) is 37.3 Å². The summed E-state index contributed by atoms with van der Waals surface area (Å²) in [5, 5.41) is 8.75. The van der Waals surface area contributed by atoms with Crippen molar-refractivity contribution < 1.29 is 14.3 Å². The number of hydrogen-bond donors (Lipinski definition) is 0. The Morgan fingerprint density at radius 2 is 2.23 bits per heavy atom. The minimum absolute atomic E-state index is 0.0350. The molecule has 2 fully saturated rings. The summed E-state index contributed by atoms with van der Waals surface area (Å²) in [4.78, 5) is 25.7. The van der Waals surface area contributed by atoms with E-state index >= 15 is 0 Å². The molecule has 2 aliphatic heterocycles. The van der Waals surface area contributed by atoms with E-state index in [-0.39, 0.29) is 23.4 Å². The number of fused-ring (bicyclic) bond motifs is 1. The summed E-state index contributed by atoms with van der Waals surface area (Å²) >= 11 is 1.65. The molecule has 5 nitrogen and oxygen atoms in total. The number of carbonyl (C=O) groups is 2. The van der Waals surface area contributed by atoms with Crippen LogP contribution in [-0.4, -0.2) is 33.4 Å². The van der Waals surface area contributed by atoms with Crippen molar-refractivity contribution in [2.75, 3.05) is 5.75 Å².